The molecule has 1 aromatic carbocycles. The number of benzene rings is 1. The van der Waals surface area contributed by atoms with Crippen molar-refractivity contribution in [2.24, 2.45) is 7.05 Å². The lowest BCUT2D eigenvalue weighted by Crippen LogP contribution is -2.35. The summed E-state index contributed by atoms with van der Waals surface area (Å²) in [6, 6.07) is 6.96. The van der Waals surface area contributed by atoms with Crippen LogP contribution in [0.15, 0.2) is 35.4 Å². The fourth-order valence-electron chi connectivity index (χ4n) is 4.58. The molecule has 2 aromatic heterocycles. The molecule has 5 rings (SSSR count). The topological polar surface area (TPSA) is 88.4 Å². The monoisotopic (exact) mass is 439 g/mol. The number of sulfonamides is 1. The Morgan fingerprint density at radius 3 is 2.61 bits per heavy atom. The molecule has 0 saturated carbocycles. The van der Waals surface area contributed by atoms with Gasteiger partial charge in [0.15, 0.2) is 5.65 Å². The van der Waals surface area contributed by atoms with Gasteiger partial charge in [-0.05, 0) is 56.0 Å². The Kier molecular flexibility index (Phi) is 4.82. The molecule has 2 aliphatic rings. The molecule has 0 atom stereocenters. The zero-order valence-corrected chi connectivity index (χ0v) is 18.5. The quantitative estimate of drug-likeness (QED) is 0.626. The van der Waals surface area contributed by atoms with Gasteiger partial charge in [0.1, 0.15) is 0 Å². The molecule has 0 N–H and O–H groups in total. The molecule has 0 spiro atoms. The first kappa shape index (κ1) is 20.1. The zero-order chi connectivity index (χ0) is 21.8. The van der Waals surface area contributed by atoms with Crippen molar-refractivity contribution < 1.29 is 13.2 Å². The van der Waals surface area contributed by atoms with E-state index in [0.29, 0.717) is 36.5 Å². The largest absolute Gasteiger partial charge is 0.308 e. The highest BCUT2D eigenvalue weighted by Crippen LogP contribution is 2.33. The van der Waals surface area contributed by atoms with E-state index in [1.807, 2.05) is 20.0 Å². The lowest BCUT2D eigenvalue weighted by molar-refractivity contribution is 0.0989. The number of aromatic nitrogens is 3. The summed E-state index contributed by atoms with van der Waals surface area (Å²) >= 11 is 0. The highest BCUT2D eigenvalue weighted by molar-refractivity contribution is 7.89. The van der Waals surface area contributed by atoms with Gasteiger partial charge in [0, 0.05) is 44.0 Å². The van der Waals surface area contributed by atoms with Gasteiger partial charge in [-0.25, -0.2) is 13.4 Å². The van der Waals surface area contributed by atoms with Crippen molar-refractivity contribution in [2.75, 3.05) is 24.5 Å². The van der Waals surface area contributed by atoms with Crippen molar-refractivity contribution >= 4 is 32.7 Å². The molecular formula is C22H25N5O3S. The number of carbonyl (C=O) groups excluding carboxylic acids is 1. The third-order valence-electron chi connectivity index (χ3n) is 6.25. The van der Waals surface area contributed by atoms with Crippen LogP contribution in [-0.4, -0.2) is 53.0 Å². The standard InChI is InChI=1S/C22H25N5O3S/c1-15-19-13-17(14-23-21(19)25(2)24-15)22(28)27-11-8-16-12-18(6-7-20(16)27)31(29,30)26-9-4-3-5-10-26/h6-7,12-14H,3-5,8-11H2,1-2H3. The first-order valence-electron chi connectivity index (χ1n) is 10.6. The molecule has 31 heavy (non-hydrogen) atoms. The van der Waals surface area contributed by atoms with E-state index in [2.05, 4.69) is 10.1 Å². The molecule has 3 aromatic rings. The number of amides is 1. The van der Waals surface area contributed by atoms with Crippen molar-refractivity contribution in [3.05, 3.63) is 47.3 Å². The maximum absolute atomic E-state index is 13.2. The molecule has 2 aliphatic heterocycles. The lowest BCUT2D eigenvalue weighted by atomic mass is 10.1. The molecule has 9 heteroatoms. The number of hydrogen-bond donors (Lipinski definition) is 0. The Morgan fingerprint density at radius 2 is 1.84 bits per heavy atom. The van der Waals surface area contributed by atoms with Crippen LogP contribution in [0.3, 0.4) is 0 Å². The maximum Gasteiger partial charge on any atom is 0.259 e. The number of pyridine rings is 1. The Labute approximate surface area is 181 Å². The highest BCUT2D eigenvalue weighted by Gasteiger charge is 2.30. The van der Waals surface area contributed by atoms with Crippen LogP contribution in [0.5, 0.6) is 0 Å². The van der Waals surface area contributed by atoms with Crippen molar-refractivity contribution in [2.45, 2.75) is 37.5 Å². The van der Waals surface area contributed by atoms with Crippen LogP contribution >= 0.6 is 0 Å². The van der Waals surface area contributed by atoms with E-state index in [0.717, 1.165) is 47.2 Å². The van der Waals surface area contributed by atoms with Gasteiger partial charge >= 0.3 is 0 Å². The number of nitrogens with zero attached hydrogens (tertiary/aromatic N) is 5. The Bertz CT molecular complexity index is 1290. The molecule has 1 amide bonds. The Balaban J connectivity index is 1.44. The van der Waals surface area contributed by atoms with Crippen LogP contribution in [0.25, 0.3) is 11.0 Å². The smallest absolute Gasteiger partial charge is 0.259 e. The second-order valence-electron chi connectivity index (χ2n) is 8.27. The molecule has 0 unspecified atom stereocenters. The van der Waals surface area contributed by atoms with Gasteiger partial charge in [-0.3, -0.25) is 9.48 Å². The summed E-state index contributed by atoms with van der Waals surface area (Å²) < 4.78 is 29.3. The summed E-state index contributed by atoms with van der Waals surface area (Å²) in [5.41, 5.74) is 3.72. The van der Waals surface area contributed by atoms with E-state index in [1.165, 1.54) is 0 Å². The number of carbonyl (C=O) groups is 1. The maximum atomic E-state index is 13.2. The van der Waals surface area contributed by atoms with Crippen LogP contribution in [0.4, 0.5) is 5.69 Å². The molecule has 0 radical (unpaired) electrons. The van der Waals surface area contributed by atoms with Crippen LogP contribution in [0.2, 0.25) is 0 Å². The van der Waals surface area contributed by atoms with Crippen molar-refractivity contribution in [1.82, 2.24) is 19.1 Å². The van der Waals surface area contributed by atoms with E-state index >= 15 is 0 Å². The summed E-state index contributed by atoms with van der Waals surface area (Å²) in [6.07, 6.45) is 5.10. The van der Waals surface area contributed by atoms with E-state index in [4.69, 9.17) is 0 Å². The molecule has 0 aliphatic carbocycles. The lowest BCUT2D eigenvalue weighted by Gasteiger charge is -2.26. The highest BCUT2D eigenvalue weighted by atomic mass is 32.2. The fraction of sp³-hybridized carbons (Fsp3) is 0.409. The minimum Gasteiger partial charge on any atom is -0.308 e. The average Bonchev–Trinajstić information content (AvgIpc) is 3.33. The predicted octanol–water partition coefficient (Wildman–Crippen LogP) is 2.65. The van der Waals surface area contributed by atoms with Gasteiger partial charge in [-0.1, -0.05) is 6.42 Å². The van der Waals surface area contributed by atoms with Gasteiger partial charge in [-0.2, -0.15) is 9.40 Å². The zero-order valence-electron chi connectivity index (χ0n) is 17.7. The minimum absolute atomic E-state index is 0.136. The number of aryl methyl sites for hydroxylation is 2. The van der Waals surface area contributed by atoms with Gasteiger partial charge in [-0.15, -0.1) is 0 Å². The SMILES string of the molecule is Cc1nn(C)c2ncc(C(=O)N3CCc4cc(S(=O)(=O)N5CCCCC5)ccc43)cc12. The molecular weight excluding hydrogens is 414 g/mol. The molecule has 1 saturated heterocycles. The van der Waals surface area contributed by atoms with Crippen molar-refractivity contribution in [3.8, 4) is 0 Å². The number of fused-ring (bicyclic) bond motifs is 2. The van der Waals surface area contributed by atoms with E-state index < -0.39 is 10.0 Å². The summed E-state index contributed by atoms with van der Waals surface area (Å²) in [5.74, 6) is -0.136. The number of hydrogen-bond acceptors (Lipinski definition) is 5. The molecule has 1 fully saturated rings. The van der Waals surface area contributed by atoms with Crippen LogP contribution in [-0.2, 0) is 23.5 Å². The molecule has 0 bridgehead atoms. The third-order valence-corrected chi connectivity index (χ3v) is 8.15. The third kappa shape index (κ3) is 3.32. The summed E-state index contributed by atoms with van der Waals surface area (Å²) in [5, 5.41) is 5.22. The summed E-state index contributed by atoms with van der Waals surface area (Å²) in [4.78, 5) is 19.7. The fourth-order valence-corrected chi connectivity index (χ4v) is 6.15. The van der Waals surface area contributed by atoms with Crippen molar-refractivity contribution in [1.29, 1.82) is 0 Å². The second-order valence-corrected chi connectivity index (χ2v) is 10.2. The normalized spacial score (nSPS) is 17.3. The molecule has 8 nitrogen and oxygen atoms in total. The Morgan fingerprint density at radius 1 is 1.06 bits per heavy atom. The first-order valence-corrected chi connectivity index (χ1v) is 12.0. The Hall–Kier alpha value is -2.78. The van der Waals surface area contributed by atoms with E-state index in [-0.39, 0.29) is 5.91 Å². The molecule has 4 heterocycles. The van der Waals surface area contributed by atoms with Crippen LogP contribution in [0, 0.1) is 6.92 Å². The number of anilines is 1. The average molecular weight is 440 g/mol. The van der Waals surface area contributed by atoms with E-state index in [9.17, 15) is 13.2 Å². The number of rotatable bonds is 3. The van der Waals surface area contributed by atoms with Crippen molar-refractivity contribution in [3.63, 3.8) is 0 Å². The van der Waals surface area contributed by atoms with Gasteiger partial charge in [0.2, 0.25) is 10.0 Å². The van der Waals surface area contributed by atoms with Crippen LogP contribution in [0.1, 0.15) is 40.9 Å². The van der Waals surface area contributed by atoms with Gasteiger partial charge < -0.3 is 4.90 Å². The summed E-state index contributed by atoms with van der Waals surface area (Å²) in [7, 11) is -1.66. The van der Waals surface area contributed by atoms with Crippen LogP contribution < -0.4 is 4.90 Å². The van der Waals surface area contributed by atoms with Gasteiger partial charge in [0.25, 0.3) is 5.91 Å². The molecule has 162 valence electrons. The summed E-state index contributed by atoms with van der Waals surface area (Å²) in [6.45, 7) is 3.57. The first-order chi connectivity index (χ1) is 14.9. The van der Waals surface area contributed by atoms with E-state index in [1.54, 1.807) is 38.3 Å². The second kappa shape index (κ2) is 7.42. The van der Waals surface area contributed by atoms with Gasteiger partial charge in [0.05, 0.1) is 16.2 Å². The minimum atomic E-state index is -3.49. The number of piperidine rings is 1. The predicted molar refractivity (Wildman–Crippen MR) is 118 cm³/mol.